The lowest BCUT2D eigenvalue weighted by Crippen LogP contribution is -2.29. The lowest BCUT2D eigenvalue weighted by atomic mass is 9.98. The van der Waals surface area contributed by atoms with Crippen LogP contribution in [0.2, 0.25) is 0 Å². The van der Waals surface area contributed by atoms with Crippen LogP contribution >= 0.6 is 0 Å². The van der Waals surface area contributed by atoms with Crippen molar-refractivity contribution >= 4 is 6.09 Å². The van der Waals surface area contributed by atoms with Crippen molar-refractivity contribution in [3.8, 4) is 11.1 Å². The summed E-state index contributed by atoms with van der Waals surface area (Å²) in [6.07, 6.45) is 10.1. The van der Waals surface area contributed by atoms with Gasteiger partial charge >= 0.3 is 6.09 Å². The van der Waals surface area contributed by atoms with Crippen LogP contribution in [0.4, 0.5) is 4.79 Å². The van der Waals surface area contributed by atoms with Crippen LogP contribution in [0.25, 0.3) is 11.1 Å². The normalized spacial score (nSPS) is 12.3. The zero-order chi connectivity index (χ0) is 32.3. The average molecular weight is 644 g/mol. The fourth-order valence-corrected chi connectivity index (χ4v) is 5.41. The number of benzene rings is 2. The first kappa shape index (κ1) is 37.9. The number of rotatable bonds is 29. The smallest absolute Gasteiger partial charge is 0.407 e. The molecule has 0 saturated carbocycles. The zero-order valence-corrected chi connectivity index (χ0v) is 28.0. The summed E-state index contributed by atoms with van der Waals surface area (Å²) in [5.74, 6) is 0.0485. The summed E-state index contributed by atoms with van der Waals surface area (Å²) in [5.41, 5.74) is 4.81. The molecule has 0 aliphatic heterocycles. The SMILES string of the molecule is CCCCCCCCCCOCCOCCOCCOCCOCCOCCNC(=O)OCC1c2ccccc2-c2ccccc21. The monoisotopic (exact) mass is 643 g/mol. The van der Waals surface area contributed by atoms with E-state index in [1.54, 1.807) is 0 Å². The Morgan fingerprint density at radius 2 is 0.957 bits per heavy atom. The molecule has 1 aliphatic carbocycles. The van der Waals surface area contributed by atoms with E-state index in [0.717, 1.165) is 13.0 Å². The maximum absolute atomic E-state index is 12.2. The second kappa shape index (κ2) is 25.5. The Bertz CT molecular complexity index is 1010. The van der Waals surface area contributed by atoms with Crippen LogP contribution in [0, 0.1) is 0 Å². The molecule has 2 aromatic rings. The molecule has 0 unspecified atom stereocenters. The van der Waals surface area contributed by atoms with Gasteiger partial charge in [0.25, 0.3) is 0 Å². The lowest BCUT2D eigenvalue weighted by Gasteiger charge is -2.14. The van der Waals surface area contributed by atoms with Gasteiger partial charge in [0.2, 0.25) is 0 Å². The number of carbonyl (C=O) groups excluding carboxylic acids is 1. The molecule has 2 aromatic carbocycles. The molecule has 9 nitrogen and oxygen atoms in total. The Morgan fingerprint density at radius 3 is 1.46 bits per heavy atom. The zero-order valence-electron chi connectivity index (χ0n) is 28.0. The standard InChI is InChI=1S/C37H57NO8/c1-2-3-4-5-6-7-8-13-19-40-21-23-42-25-27-44-29-30-45-28-26-43-24-22-41-20-18-38-37(39)46-31-36-34-16-11-9-14-32(34)33-15-10-12-17-35(33)36/h9-12,14-17,36H,2-8,13,18-31H2,1H3,(H,38,39). The first-order valence-corrected chi connectivity index (χ1v) is 17.4. The number of carbonyl (C=O) groups is 1. The Labute approximate surface area is 276 Å². The minimum Gasteiger partial charge on any atom is -0.449 e. The van der Waals surface area contributed by atoms with E-state index in [4.69, 9.17) is 33.2 Å². The van der Waals surface area contributed by atoms with Gasteiger partial charge in [-0.25, -0.2) is 4.79 Å². The van der Waals surface area contributed by atoms with Gasteiger partial charge in [-0.2, -0.15) is 0 Å². The van der Waals surface area contributed by atoms with E-state index < -0.39 is 6.09 Å². The highest BCUT2D eigenvalue weighted by Gasteiger charge is 2.28. The highest BCUT2D eigenvalue weighted by Crippen LogP contribution is 2.44. The van der Waals surface area contributed by atoms with Crippen molar-refractivity contribution in [1.82, 2.24) is 5.32 Å². The van der Waals surface area contributed by atoms with E-state index in [1.807, 2.05) is 24.3 Å². The minimum absolute atomic E-state index is 0.0485. The number of ether oxygens (including phenoxy) is 7. The molecule has 0 radical (unpaired) electrons. The summed E-state index contributed by atoms with van der Waals surface area (Å²) in [6.45, 7) is 9.43. The maximum Gasteiger partial charge on any atom is 0.407 e. The number of hydrogen-bond donors (Lipinski definition) is 1. The van der Waals surface area contributed by atoms with E-state index in [-0.39, 0.29) is 5.92 Å². The Morgan fingerprint density at radius 1 is 0.543 bits per heavy atom. The Balaban J connectivity index is 1.00. The van der Waals surface area contributed by atoms with Gasteiger partial charge in [0, 0.05) is 19.1 Å². The van der Waals surface area contributed by atoms with Crippen LogP contribution in [0.5, 0.6) is 0 Å². The highest BCUT2D eigenvalue weighted by atomic mass is 16.6. The summed E-state index contributed by atoms with van der Waals surface area (Å²) in [5, 5.41) is 2.75. The molecule has 0 fully saturated rings. The van der Waals surface area contributed by atoms with Crippen LogP contribution in [0.3, 0.4) is 0 Å². The fraction of sp³-hybridized carbons (Fsp3) is 0.649. The van der Waals surface area contributed by atoms with Crippen LogP contribution in [-0.2, 0) is 33.2 Å². The van der Waals surface area contributed by atoms with Gasteiger partial charge in [0.1, 0.15) is 6.61 Å². The summed E-state index contributed by atoms with van der Waals surface area (Å²) < 4.78 is 38.8. The van der Waals surface area contributed by atoms with Crippen LogP contribution in [0.15, 0.2) is 48.5 Å². The molecule has 1 amide bonds. The van der Waals surface area contributed by atoms with Gasteiger partial charge in [0.05, 0.1) is 72.7 Å². The Kier molecular flexibility index (Phi) is 21.1. The summed E-state index contributed by atoms with van der Waals surface area (Å²) in [7, 11) is 0. The van der Waals surface area contributed by atoms with Crippen molar-refractivity contribution in [2.75, 3.05) is 92.4 Å². The molecule has 0 bridgehead atoms. The summed E-state index contributed by atoms with van der Waals surface area (Å²) >= 11 is 0. The summed E-state index contributed by atoms with van der Waals surface area (Å²) in [4.78, 5) is 12.2. The van der Waals surface area contributed by atoms with E-state index in [1.165, 1.54) is 67.2 Å². The van der Waals surface area contributed by atoms with E-state index >= 15 is 0 Å². The molecule has 46 heavy (non-hydrogen) atoms. The molecule has 0 heterocycles. The highest BCUT2D eigenvalue weighted by molar-refractivity contribution is 5.79. The molecule has 9 heteroatoms. The largest absolute Gasteiger partial charge is 0.449 e. The average Bonchev–Trinajstić information content (AvgIpc) is 3.40. The molecule has 1 aliphatic rings. The third-order valence-electron chi connectivity index (χ3n) is 7.86. The predicted molar refractivity (Wildman–Crippen MR) is 181 cm³/mol. The van der Waals surface area contributed by atoms with Crippen molar-refractivity contribution < 1.29 is 38.0 Å². The molecule has 0 spiro atoms. The van der Waals surface area contributed by atoms with Crippen LogP contribution < -0.4 is 5.32 Å². The number of alkyl carbamates (subject to hydrolysis) is 1. The predicted octanol–water partition coefficient (Wildman–Crippen LogP) is 6.77. The number of unbranched alkanes of at least 4 members (excludes halogenated alkanes) is 7. The third-order valence-corrected chi connectivity index (χ3v) is 7.86. The van der Waals surface area contributed by atoms with Crippen molar-refractivity contribution in [3.05, 3.63) is 59.7 Å². The van der Waals surface area contributed by atoms with Crippen LogP contribution in [0.1, 0.15) is 75.3 Å². The first-order chi connectivity index (χ1) is 22.8. The third kappa shape index (κ3) is 15.8. The molecule has 1 N–H and O–H groups in total. The summed E-state index contributed by atoms with van der Waals surface area (Å²) in [6, 6.07) is 16.6. The number of hydrogen-bond acceptors (Lipinski definition) is 8. The molecule has 0 atom stereocenters. The van der Waals surface area contributed by atoms with Gasteiger partial charge in [-0.05, 0) is 28.7 Å². The minimum atomic E-state index is -0.440. The molecule has 0 aromatic heterocycles. The van der Waals surface area contributed by atoms with Gasteiger partial charge < -0.3 is 38.5 Å². The van der Waals surface area contributed by atoms with Crippen molar-refractivity contribution in [2.24, 2.45) is 0 Å². The first-order valence-electron chi connectivity index (χ1n) is 17.4. The van der Waals surface area contributed by atoms with Gasteiger partial charge in [-0.3, -0.25) is 0 Å². The van der Waals surface area contributed by atoms with Crippen LogP contribution in [-0.4, -0.2) is 98.5 Å². The van der Waals surface area contributed by atoms with Crippen molar-refractivity contribution in [2.45, 2.75) is 64.2 Å². The van der Waals surface area contributed by atoms with E-state index in [2.05, 4.69) is 36.5 Å². The fourth-order valence-electron chi connectivity index (χ4n) is 5.41. The van der Waals surface area contributed by atoms with Gasteiger partial charge in [0.15, 0.2) is 0 Å². The van der Waals surface area contributed by atoms with Gasteiger partial charge in [-0.15, -0.1) is 0 Å². The number of nitrogens with one attached hydrogen (secondary N) is 1. The molecule has 0 saturated heterocycles. The van der Waals surface area contributed by atoms with E-state index in [9.17, 15) is 4.79 Å². The molecular weight excluding hydrogens is 586 g/mol. The van der Waals surface area contributed by atoms with Crippen molar-refractivity contribution in [3.63, 3.8) is 0 Å². The lowest BCUT2D eigenvalue weighted by molar-refractivity contribution is -0.0167. The molecule has 258 valence electrons. The van der Waals surface area contributed by atoms with Gasteiger partial charge in [-0.1, -0.05) is 100 Å². The topological polar surface area (TPSA) is 93.7 Å². The molecule has 3 rings (SSSR count). The number of fused-ring (bicyclic) bond motifs is 3. The second-order valence-electron chi connectivity index (χ2n) is 11.4. The van der Waals surface area contributed by atoms with E-state index in [0.29, 0.717) is 85.8 Å². The quantitative estimate of drug-likeness (QED) is 0.0972. The second-order valence-corrected chi connectivity index (χ2v) is 11.4. The molecular formula is C37H57NO8. The Hall–Kier alpha value is -2.53. The maximum atomic E-state index is 12.2. The number of amides is 1. The van der Waals surface area contributed by atoms with Crippen molar-refractivity contribution in [1.29, 1.82) is 0 Å².